The lowest BCUT2D eigenvalue weighted by molar-refractivity contribution is 0.0746. The molecule has 0 radical (unpaired) electrons. The van der Waals surface area contributed by atoms with E-state index < -0.39 is 0 Å². The van der Waals surface area contributed by atoms with Crippen LogP contribution in [0, 0.1) is 0 Å². The summed E-state index contributed by atoms with van der Waals surface area (Å²) in [6.07, 6.45) is 3.46. The molecule has 8 nitrogen and oxygen atoms in total. The fraction of sp³-hybridized carbons (Fsp3) is 0.190. The zero-order chi connectivity index (χ0) is 20.3. The largest absolute Gasteiger partial charge is 0.352 e. The number of fused-ring (bicyclic) bond motifs is 1. The Bertz CT molecular complexity index is 1120. The van der Waals surface area contributed by atoms with Crippen LogP contribution in [-0.2, 0) is 0 Å². The second kappa shape index (κ2) is 8.03. The highest BCUT2D eigenvalue weighted by Gasteiger charge is 2.25. The van der Waals surface area contributed by atoms with E-state index in [-0.39, 0.29) is 5.91 Å². The van der Waals surface area contributed by atoms with E-state index in [0.29, 0.717) is 37.0 Å². The van der Waals surface area contributed by atoms with Crippen molar-refractivity contribution in [3.8, 4) is 0 Å². The molecule has 4 heterocycles. The first-order chi connectivity index (χ1) is 14.8. The molecule has 0 bridgehead atoms. The maximum atomic E-state index is 12.8. The van der Waals surface area contributed by atoms with Gasteiger partial charge in [0.05, 0.1) is 22.1 Å². The summed E-state index contributed by atoms with van der Waals surface area (Å²) < 4.78 is 1.04. The van der Waals surface area contributed by atoms with Crippen molar-refractivity contribution in [2.75, 3.05) is 36.4 Å². The number of hydrogen-bond acceptors (Lipinski definition) is 8. The van der Waals surface area contributed by atoms with Crippen LogP contribution in [0.2, 0.25) is 0 Å². The summed E-state index contributed by atoms with van der Waals surface area (Å²) in [5.41, 5.74) is 1.74. The zero-order valence-corrected chi connectivity index (χ0v) is 16.9. The SMILES string of the molecule is O=C(c1nc2ccccc2s1)N1CCN(c2ccc(Nc3cccnc3)nn2)CC1. The number of para-hydroxylation sites is 1. The second-order valence-corrected chi connectivity index (χ2v) is 7.94. The third-order valence-corrected chi connectivity index (χ3v) is 5.98. The maximum Gasteiger partial charge on any atom is 0.282 e. The summed E-state index contributed by atoms with van der Waals surface area (Å²) in [6, 6.07) is 15.5. The van der Waals surface area contributed by atoms with Gasteiger partial charge < -0.3 is 15.1 Å². The number of amides is 1. The lowest BCUT2D eigenvalue weighted by Gasteiger charge is -2.34. The highest BCUT2D eigenvalue weighted by atomic mass is 32.1. The number of benzene rings is 1. The number of anilines is 3. The van der Waals surface area contributed by atoms with Crippen molar-refractivity contribution in [3.05, 3.63) is 65.9 Å². The second-order valence-electron chi connectivity index (χ2n) is 6.91. The molecular weight excluding hydrogens is 398 g/mol. The molecule has 1 aliphatic heterocycles. The van der Waals surface area contributed by atoms with Crippen LogP contribution in [0.4, 0.5) is 17.3 Å². The van der Waals surface area contributed by atoms with E-state index >= 15 is 0 Å². The number of rotatable bonds is 4. The fourth-order valence-corrected chi connectivity index (χ4v) is 4.32. The molecule has 0 atom stereocenters. The Kier molecular flexibility index (Phi) is 4.94. The summed E-state index contributed by atoms with van der Waals surface area (Å²) in [7, 11) is 0. The zero-order valence-electron chi connectivity index (χ0n) is 16.1. The van der Waals surface area contributed by atoms with Gasteiger partial charge in [-0.15, -0.1) is 21.5 Å². The molecule has 4 aromatic rings. The Balaban J connectivity index is 1.20. The number of carbonyl (C=O) groups is 1. The average molecular weight is 417 g/mol. The van der Waals surface area contributed by atoms with E-state index in [0.717, 1.165) is 21.7 Å². The number of nitrogens with one attached hydrogen (secondary N) is 1. The summed E-state index contributed by atoms with van der Waals surface area (Å²) in [5, 5.41) is 12.3. The Morgan fingerprint density at radius 2 is 1.83 bits per heavy atom. The molecule has 3 aromatic heterocycles. The number of carbonyl (C=O) groups excluding carboxylic acids is 1. The average Bonchev–Trinajstić information content (AvgIpc) is 3.24. The number of pyridine rings is 1. The van der Waals surface area contributed by atoms with Gasteiger partial charge in [0.15, 0.2) is 16.6 Å². The molecule has 1 saturated heterocycles. The van der Waals surface area contributed by atoms with Crippen LogP contribution in [0.1, 0.15) is 9.80 Å². The molecule has 150 valence electrons. The molecule has 30 heavy (non-hydrogen) atoms. The molecule has 0 spiro atoms. The molecule has 9 heteroatoms. The van der Waals surface area contributed by atoms with Crippen LogP contribution in [0.15, 0.2) is 60.9 Å². The fourth-order valence-electron chi connectivity index (χ4n) is 3.38. The van der Waals surface area contributed by atoms with E-state index in [1.807, 2.05) is 53.4 Å². The molecule has 0 aliphatic carbocycles. The lowest BCUT2D eigenvalue weighted by Crippen LogP contribution is -2.49. The minimum atomic E-state index is -0.00190. The molecule has 1 fully saturated rings. The molecule has 5 rings (SSSR count). The molecule has 1 amide bonds. The standard InChI is InChI=1S/C21H19N7OS/c29-21(20-24-16-5-1-2-6-17(16)30-20)28-12-10-27(11-13-28)19-8-7-18(25-26-19)23-15-4-3-9-22-14-15/h1-9,14H,10-13H2,(H,23,25). The summed E-state index contributed by atoms with van der Waals surface area (Å²) in [6.45, 7) is 2.68. The van der Waals surface area contributed by atoms with Crippen LogP contribution in [0.5, 0.6) is 0 Å². The van der Waals surface area contributed by atoms with Crippen molar-refractivity contribution >= 4 is 44.8 Å². The van der Waals surface area contributed by atoms with Crippen LogP contribution in [-0.4, -0.2) is 57.2 Å². The third kappa shape index (κ3) is 3.79. The van der Waals surface area contributed by atoms with Crippen molar-refractivity contribution in [3.63, 3.8) is 0 Å². The van der Waals surface area contributed by atoms with E-state index in [9.17, 15) is 4.79 Å². The summed E-state index contributed by atoms with van der Waals surface area (Å²) in [5.74, 6) is 1.47. The molecule has 0 unspecified atom stereocenters. The van der Waals surface area contributed by atoms with Gasteiger partial charge in [0.25, 0.3) is 5.91 Å². The van der Waals surface area contributed by atoms with Gasteiger partial charge in [0.1, 0.15) is 0 Å². The highest BCUT2D eigenvalue weighted by Crippen LogP contribution is 2.23. The summed E-state index contributed by atoms with van der Waals surface area (Å²) in [4.78, 5) is 25.4. The Hall–Kier alpha value is -3.59. The molecular formula is C21H19N7OS. The van der Waals surface area contributed by atoms with Crippen molar-refractivity contribution in [2.45, 2.75) is 0 Å². The number of aromatic nitrogens is 4. The lowest BCUT2D eigenvalue weighted by atomic mass is 10.3. The third-order valence-electron chi connectivity index (χ3n) is 4.95. The predicted molar refractivity (Wildman–Crippen MR) is 117 cm³/mol. The van der Waals surface area contributed by atoms with Crippen molar-refractivity contribution < 1.29 is 4.79 Å². The van der Waals surface area contributed by atoms with E-state index in [4.69, 9.17) is 0 Å². The molecule has 0 saturated carbocycles. The van der Waals surface area contributed by atoms with E-state index in [2.05, 4.69) is 30.4 Å². The van der Waals surface area contributed by atoms with Crippen molar-refractivity contribution in [2.24, 2.45) is 0 Å². The van der Waals surface area contributed by atoms with Crippen LogP contribution in [0.25, 0.3) is 10.2 Å². The predicted octanol–water partition coefficient (Wildman–Crippen LogP) is 3.19. The quantitative estimate of drug-likeness (QED) is 0.546. The maximum absolute atomic E-state index is 12.8. The number of piperazine rings is 1. The highest BCUT2D eigenvalue weighted by molar-refractivity contribution is 7.20. The first-order valence-corrected chi connectivity index (χ1v) is 10.5. The van der Waals surface area contributed by atoms with Gasteiger partial charge in [0.2, 0.25) is 0 Å². The van der Waals surface area contributed by atoms with E-state index in [1.54, 1.807) is 12.4 Å². The van der Waals surface area contributed by atoms with Crippen LogP contribution < -0.4 is 10.2 Å². The van der Waals surface area contributed by atoms with Crippen LogP contribution >= 0.6 is 11.3 Å². The first kappa shape index (κ1) is 18.4. The van der Waals surface area contributed by atoms with Gasteiger partial charge in [-0.2, -0.15) is 0 Å². The Labute approximate surface area is 177 Å². The van der Waals surface area contributed by atoms with Gasteiger partial charge in [-0.3, -0.25) is 9.78 Å². The Morgan fingerprint density at radius 3 is 2.57 bits per heavy atom. The monoisotopic (exact) mass is 417 g/mol. The minimum Gasteiger partial charge on any atom is -0.352 e. The molecule has 1 N–H and O–H groups in total. The topological polar surface area (TPSA) is 87.1 Å². The number of hydrogen-bond donors (Lipinski definition) is 1. The number of nitrogens with zero attached hydrogens (tertiary/aromatic N) is 6. The smallest absolute Gasteiger partial charge is 0.282 e. The van der Waals surface area contributed by atoms with Gasteiger partial charge in [-0.05, 0) is 36.4 Å². The Morgan fingerprint density at radius 1 is 0.967 bits per heavy atom. The summed E-state index contributed by atoms with van der Waals surface area (Å²) >= 11 is 1.45. The normalized spacial score (nSPS) is 14.1. The molecule has 1 aliphatic rings. The van der Waals surface area contributed by atoms with Crippen molar-refractivity contribution in [1.82, 2.24) is 25.1 Å². The minimum absolute atomic E-state index is 0.00190. The van der Waals surface area contributed by atoms with Gasteiger partial charge in [-0.1, -0.05) is 12.1 Å². The van der Waals surface area contributed by atoms with Crippen molar-refractivity contribution in [1.29, 1.82) is 0 Å². The molecule has 1 aromatic carbocycles. The van der Waals surface area contributed by atoms with Crippen LogP contribution in [0.3, 0.4) is 0 Å². The first-order valence-electron chi connectivity index (χ1n) is 9.67. The number of thiazole rings is 1. The van der Waals surface area contributed by atoms with E-state index in [1.165, 1.54) is 11.3 Å². The van der Waals surface area contributed by atoms with Gasteiger partial charge >= 0.3 is 0 Å². The van der Waals surface area contributed by atoms with Gasteiger partial charge in [-0.25, -0.2) is 4.98 Å². The van der Waals surface area contributed by atoms with Gasteiger partial charge in [0, 0.05) is 32.4 Å².